The monoisotopic (exact) mass is 412 g/mol. The summed E-state index contributed by atoms with van der Waals surface area (Å²) in [6.07, 6.45) is -1.03. The summed E-state index contributed by atoms with van der Waals surface area (Å²) in [6.45, 7) is 1.14. The molecule has 1 unspecified atom stereocenters. The van der Waals surface area contributed by atoms with Crippen LogP contribution >= 0.6 is 11.6 Å². The standard InChI is InChI=1S/C22H21ClN2O4/c1-28-17-7-3-4-14(11-17)18-12-19(22(27)25-9-8-24-20(26)13-25)29-21(18)15-5-2-6-16(23)10-15/h2-7,10-12,22,27H,8-9,13H2,1H3,(H,24,26). The average molecular weight is 413 g/mol. The van der Waals surface area contributed by atoms with Crippen molar-refractivity contribution in [2.75, 3.05) is 26.7 Å². The molecule has 2 N–H and O–H groups in total. The van der Waals surface area contributed by atoms with Gasteiger partial charge in [-0.2, -0.15) is 0 Å². The number of aliphatic hydroxyl groups excluding tert-OH is 1. The van der Waals surface area contributed by atoms with Gasteiger partial charge in [-0.05, 0) is 35.9 Å². The third-order valence-corrected chi connectivity index (χ3v) is 5.12. The number of ether oxygens (including phenoxy) is 1. The summed E-state index contributed by atoms with van der Waals surface area (Å²) in [6, 6.07) is 16.8. The Morgan fingerprint density at radius 2 is 1.97 bits per heavy atom. The second-order valence-corrected chi connectivity index (χ2v) is 7.26. The van der Waals surface area contributed by atoms with Gasteiger partial charge in [-0.3, -0.25) is 9.69 Å². The van der Waals surface area contributed by atoms with Gasteiger partial charge in [-0.25, -0.2) is 0 Å². The average Bonchev–Trinajstić information content (AvgIpc) is 3.19. The maximum atomic E-state index is 11.7. The summed E-state index contributed by atoms with van der Waals surface area (Å²) in [5.41, 5.74) is 2.49. The minimum absolute atomic E-state index is 0.114. The first-order valence-electron chi connectivity index (χ1n) is 9.28. The zero-order valence-corrected chi connectivity index (χ0v) is 16.6. The van der Waals surface area contributed by atoms with E-state index >= 15 is 0 Å². The van der Waals surface area contributed by atoms with E-state index in [0.29, 0.717) is 29.6 Å². The number of methoxy groups -OCH3 is 1. The largest absolute Gasteiger partial charge is 0.497 e. The number of carbonyl (C=O) groups is 1. The van der Waals surface area contributed by atoms with E-state index in [-0.39, 0.29) is 12.5 Å². The van der Waals surface area contributed by atoms with Crippen molar-refractivity contribution in [3.63, 3.8) is 0 Å². The van der Waals surface area contributed by atoms with Crippen LogP contribution < -0.4 is 10.1 Å². The minimum atomic E-state index is -1.03. The van der Waals surface area contributed by atoms with Crippen molar-refractivity contribution in [2.24, 2.45) is 0 Å². The molecule has 0 radical (unpaired) electrons. The number of carbonyl (C=O) groups excluding carboxylic acids is 1. The molecule has 4 rings (SSSR count). The molecule has 1 saturated heterocycles. The van der Waals surface area contributed by atoms with Crippen LogP contribution in [0.25, 0.3) is 22.5 Å². The summed E-state index contributed by atoms with van der Waals surface area (Å²) in [5.74, 6) is 1.56. The highest BCUT2D eigenvalue weighted by Gasteiger charge is 2.28. The summed E-state index contributed by atoms with van der Waals surface area (Å²) < 4.78 is 11.5. The van der Waals surface area contributed by atoms with E-state index in [9.17, 15) is 9.90 Å². The molecule has 1 fully saturated rings. The minimum Gasteiger partial charge on any atom is -0.497 e. The Labute approximate surface area is 173 Å². The summed E-state index contributed by atoms with van der Waals surface area (Å²) in [5, 5.41) is 14.2. The molecule has 1 aromatic heterocycles. The predicted molar refractivity (Wildman–Crippen MR) is 111 cm³/mol. The third kappa shape index (κ3) is 4.15. The molecule has 0 aliphatic carbocycles. The zero-order chi connectivity index (χ0) is 20.4. The number of rotatable bonds is 5. The van der Waals surface area contributed by atoms with Gasteiger partial charge in [-0.15, -0.1) is 0 Å². The lowest BCUT2D eigenvalue weighted by atomic mass is 10.0. The van der Waals surface area contributed by atoms with Gasteiger partial charge >= 0.3 is 0 Å². The fraction of sp³-hybridized carbons (Fsp3) is 0.227. The second kappa shape index (κ2) is 8.29. The Balaban J connectivity index is 1.79. The molecule has 1 amide bonds. The van der Waals surface area contributed by atoms with Gasteiger partial charge in [0.2, 0.25) is 5.91 Å². The molecule has 3 aromatic rings. The molecule has 29 heavy (non-hydrogen) atoms. The van der Waals surface area contributed by atoms with Gasteiger partial charge in [-0.1, -0.05) is 35.9 Å². The van der Waals surface area contributed by atoms with Gasteiger partial charge < -0.3 is 19.6 Å². The maximum absolute atomic E-state index is 11.7. The Bertz CT molecular complexity index is 1030. The van der Waals surface area contributed by atoms with Gasteiger partial charge in [0.1, 0.15) is 17.3 Å². The molecule has 1 aliphatic heterocycles. The lowest BCUT2D eigenvalue weighted by Crippen LogP contribution is -2.48. The summed E-state index contributed by atoms with van der Waals surface area (Å²) in [4.78, 5) is 13.4. The first-order valence-corrected chi connectivity index (χ1v) is 9.66. The lowest BCUT2D eigenvalue weighted by Gasteiger charge is -2.29. The third-order valence-electron chi connectivity index (χ3n) is 4.89. The van der Waals surface area contributed by atoms with Gasteiger partial charge in [0.05, 0.1) is 13.7 Å². The number of amides is 1. The van der Waals surface area contributed by atoms with Gasteiger partial charge in [0, 0.05) is 29.2 Å². The van der Waals surface area contributed by atoms with Crippen molar-refractivity contribution < 1.29 is 19.1 Å². The van der Waals surface area contributed by atoms with Crippen molar-refractivity contribution in [1.82, 2.24) is 10.2 Å². The normalized spacial score (nSPS) is 15.8. The number of halogens is 1. The Kier molecular flexibility index (Phi) is 5.58. The number of nitrogens with zero attached hydrogens (tertiary/aromatic N) is 1. The van der Waals surface area contributed by atoms with Crippen LogP contribution in [-0.4, -0.2) is 42.7 Å². The topological polar surface area (TPSA) is 74.9 Å². The zero-order valence-electron chi connectivity index (χ0n) is 15.9. The number of hydrogen-bond acceptors (Lipinski definition) is 5. The van der Waals surface area contributed by atoms with Crippen molar-refractivity contribution in [3.8, 4) is 28.2 Å². The molecule has 150 valence electrons. The molecule has 0 saturated carbocycles. The van der Waals surface area contributed by atoms with Crippen LogP contribution in [-0.2, 0) is 4.79 Å². The Morgan fingerprint density at radius 1 is 1.17 bits per heavy atom. The fourth-order valence-electron chi connectivity index (χ4n) is 3.43. The lowest BCUT2D eigenvalue weighted by molar-refractivity contribution is -0.129. The van der Waals surface area contributed by atoms with Crippen LogP contribution in [0.2, 0.25) is 5.02 Å². The van der Waals surface area contributed by atoms with E-state index < -0.39 is 6.23 Å². The van der Waals surface area contributed by atoms with E-state index in [1.54, 1.807) is 18.1 Å². The molecule has 6 nitrogen and oxygen atoms in total. The van der Waals surface area contributed by atoms with Crippen LogP contribution in [0, 0.1) is 0 Å². The number of nitrogens with one attached hydrogen (secondary N) is 1. The molecule has 2 aromatic carbocycles. The SMILES string of the molecule is COc1cccc(-c2cc(C(O)N3CCNC(=O)C3)oc2-c2cccc(Cl)c2)c1. The second-order valence-electron chi connectivity index (χ2n) is 6.83. The van der Waals surface area contributed by atoms with Crippen LogP contribution in [0.4, 0.5) is 0 Å². The number of hydrogen-bond donors (Lipinski definition) is 2. The number of aliphatic hydroxyl groups is 1. The van der Waals surface area contributed by atoms with Crippen LogP contribution in [0.15, 0.2) is 59.0 Å². The van der Waals surface area contributed by atoms with Gasteiger partial charge in [0.25, 0.3) is 0 Å². The first kappa shape index (κ1) is 19.5. The van der Waals surface area contributed by atoms with Crippen molar-refractivity contribution in [3.05, 3.63) is 65.4 Å². The molecular weight excluding hydrogens is 392 g/mol. The molecule has 0 spiro atoms. The molecule has 2 heterocycles. The maximum Gasteiger partial charge on any atom is 0.234 e. The quantitative estimate of drug-likeness (QED) is 0.668. The van der Waals surface area contributed by atoms with E-state index in [1.165, 1.54) is 0 Å². The molecule has 1 aliphatic rings. The van der Waals surface area contributed by atoms with Crippen molar-refractivity contribution in [1.29, 1.82) is 0 Å². The Morgan fingerprint density at radius 3 is 2.72 bits per heavy atom. The van der Waals surface area contributed by atoms with Crippen molar-refractivity contribution >= 4 is 17.5 Å². The highest BCUT2D eigenvalue weighted by Crippen LogP contribution is 2.39. The molecule has 0 bridgehead atoms. The first-order chi connectivity index (χ1) is 14.0. The number of piperazine rings is 1. The summed E-state index contributed by atoms with van der Waals surface area (Å²) in [7, 11) is 1.61. The van der Waals surface area contributed by atoms with Crippen LogP contribution in [0.5, 0.6) is 5.75 Å². The van der Waals surface area contributed by atoms with Crippen LogP contribution in [0.3, 0.4) is 0 Å². The number of furan rings is 1. The Hall–Kier alpha value is -2.80. The van der Waals surface area contributed by atoms with E-state index in [0.717, 1.165) is 22.4 Å². The molecule has 7 heteroatoms. The number of benzene rings is 2. The molecular formula is C22H21ClN2O4. The smallest absolute Gasteiger partial charge is 0.234 e. The summed E-state index contributed by atoms with van der Waals surface area (Å²) >= 11 is 6.18. The fourth-order valence-corrected chi connectivity index (χ4v) is 3.62. The van der Waals surface area contributed by atoms with E-state index in [4.69, 9.17) is 20.8 Å². The van der Waals surface area contributed by atoms with Gasteiger partial charge in [0.15, 0.2) is 6.23 Å². The molecule has 1 atom stereocenters. The van der Waals surface area contributed by atoms with Crippen LogP contribution in [0.1, 0.15) is 12.0 Å². The van der Waals surface area contributed by atoms with E-state index in [1.807, 2.05) is 48.5 Å². The van der Waals surface area contributed by atoms with Crippen molar-refractivity contribution in [2.45, 2.75) is 6.23 Å². The highest BCUT2D eigenvalue weighted by atomic mass is 35.5. The predicted octanol–water partition coefficient (Wildman–Crippen LogP) is 3.70. The van der Waals surface area contributed by atoms with E-state index in [2.05, 4.69) is 5.32 Å². The highest BCUT2D eigenvalue weighted by molar-refractivity contribution is 6.30.